The number of benzene rings is 1. The van der Waals surface area contributed by atoms with Crippen molar-refractivity contribution in [3.63, 3.8) is 0 Å². The van der Waals surface area contributed by atoms with Crippen molar-refractivity contribution in [3.05, 3.63) is 51.1 Å². The highest BCUT2D eigenvalue weighted by atomic mass is 35.5. The summed E-state index contributed by atoms with van der Waals surface area (Å²) < 4.78 is 12.8. The summed E-state index contributed by atoms with van der Waals surface area (Å²) in [6.45, 7) is 0.241. The number of rotatable bonds is 3. The van der Waals surface area contributed by atoms with Crippen LogP contribution < -0.4 is 0 Å². The molecule has 0 aliphatic carbocycles. The predicted molar refractivity (Wildman–Crippen MR) is 54.5 cm³/mol. The maximum absolute atomic E-state index is 12.8. The first kappa shape index (κ1) is 10.6. The van der Waals surface area contributed by atoms with Gasteiger partial charge < -0.3 is 0 Å². The van der Waals surface area contributed by atoms with Crippen LogP contribution in [-0.4, -0.2) is 6.54 Å². The minimum absolute atomic E-state index is 0.241. The largest absolute Gasteiger partial charge is 0.207 e. The van der Waals surface area contributed by atoms with Crippen molar-refractivity contribution in [2.24, 2.45) is 5.11 Å². The van der Waals surface area contributed by atoms with E-state index in [1.165, 1.54) is 12.1 Å². The third-order valence-corrected chi connectivity index (χ3v) is 1.66. The van der Waals surface area contributed by atoms with Gasteiger partial charge >= 0.3 is 0 Å². The van der Waals surface area contributed by atoms with Gasteiger partial charge in [0, 0.05) is 16.5 Å². The Bertz CT molecular complexity index is 377. The van der Waals surface area contributed by atoms with Gasteiger partial charge in [-0.15, -0.1) is 0 Å². The maximum Gasteiger partial charge on any atom is 0.125 e. The summed E-state index contributed by atoms with van der Waals surface area (Å²) in [5.74, 6) is -0.388. The van der Waals surface area contributed by atoms with E-state index in [0.717, 1.165) is 0 Å². The summed E-state index contributed by atoms with van der Waals surface area (Å²) in [4.78, 5) is 2.58. The standard InChI is InChI=1S/C9H7ClFN3/c10-8-4-7(5-9(11)6-8)2-1-3-13-14-12/h1-2,4-6H,3H2. The maximum atomic E-state index is 12.8. The number of azide groups is 1. The first-order chi connectivity index (χ1) is 6.72. The second-order valence-electron chi connectivity index (χ2n) is 2.52. The minimum Gasteiger partial charge on any atom is -0.207 e. The van der Waals surface area contributed by atoms with Crippen molar-refractivity contribution in [1.29, 1.82) is 0 Å². The van der Waals surface area contributed by atoms with Crippen LogP contribution in [-0.2, 0) is 0 Å². The second-order valence-corrected chi connectivity index (χ2v) is 2.96. The van der Waals surface area contributed by atoms with E-state index >= 15 is 0 Å². The number of hydrogen-bond acceptors (Lipinski definition) is 1. The minimum atomic E-state index is -0.388. The first-order valence-corrected chi connectivity index (χ1v) is 4.23. The van der Waals surface area contributed by atoms with Crippen LogP contribution >= 0.6 is 11.6 Å². The lowest BCUT2D eigenvalue weighted by Gasteiger charge is -1.95. The highest BCUT2D eigenvalue weighted by molar-refractivity contribution is 6.30. The van der Waals surface area contributed by atoms with E-state index in [4.69, 9.17) is 17.1 Å². The van der Waals surface area contributed by atoms with Gasteiger partial charge in [-0.25, -0.2) is 4.39 Å². The molecule has 3 nitrogen and oxygen atoms in total. The van der Waals surface area contributed by atoms with Crippen molar-refractivity contribution in [2.45, 2.75) is 0 Å². The van der Waals surface area contributed by atoms with Gasteiger partial charge in [-0.3, -0.25) is 0 Å². The molecule has 5 heteroatoms. The molecule has 0 bridgehead atoms. The molecule has 0 amide bonds. The van der Waals surface area contributed by atoms with Gasteiger partial charge in [-0.05, 0) is 29.3 Å². The molecule has 0 atom stereocenters. The molecule has 1 aromatic rings. The van der Waals surface area contributed by atoms with Gasteiger partial charge in [0.15, 0.2) is 0 Å². The molecule has 0 aliphatic rings. The van der Waals surface area contributed by atoms with Crippen LogP contribution in [0.3, 0.4) is 0 Å². The molecule has 0 heterocycles. The molecule has 14 heavy (non-hydrogen) atoms. The predicted octanol–water partition coefficient (Wildman–Crippen LogP) is 3.80. The third kappa shape index (κ3) is 3.47. The molecule has 0 saturated heterocycles. The van der Waals surface area contributed by atoms with Gasteiger partial charge in [0.05, 0.1) is 0 Å². The van der Waals surface area contributed by atoms with Crippen LogP contribution in [0.25, 0.3) is 16.5 Å². The SMILES string of the molecule is [N-]=[N+]=NCC=Cc1cc(F)cc(Cl)c1. The number of halogens is 2. The van der Waals surface area contributed by atoms with Gasteiger partial charge in [-0.1, -0.05) is 28.9 Å². The Kier molecular flexibility index (Phi) is 3.98. The van der Waals surface area contributed by atoms with E-state index in [1.54, 1.807) is 18.2 Å². The molecule has 0 radical (unpaired) electrons. The third-order valence-electron chi connectivity index (χ3n) is 1.45. The van der Waals surface area contributed by atoms with E-state index in [-0.39, 0.29) is 12.4 Å². The van der Waals surface area contributed by atoms with Gasteiger partial charge in [0.1, 0.15) is 5.82 Å². The lowest BCUT2D eigenvalue weighted by atomic mass is 10.2. The summed E-state index contributed by atoms with van der Waals surface area (Å²) in [7, 11) is 0. The Balaban J connectivity index is 2.75. The molecular weight excluding hydrogens is 205 g/mol. The molecule has 1 aromatic carbocycles. The molecule has 72 valence electrons. The lowest BCUT2D eigenvalue weighted by Crippen LogP contribution is -1.78. The summed E-state index contributed by atoms with van der Waals surface area (Å²) in [5.41, 5.74) is 8.64. The number of hydrogen-bond donors (Lipinski definition) is 0. The van der Waals surface area contributed by atoms with E-state index in [9.17, 15) is 4.39 Å². The highest BCUT2D eigenvalue weighted by Gasteiger charge is 1.95. The average Bonchev–Trinajstić information content (AvgIpc) is 2.11. The van der Waals surface area contributed by atoms with Crippen LogP contribution in [0.5, 0.6) is 0 Å². The van der Waals surface area contributed by atoms with Gasteiger partial charge in [0.2, 0.25) is 0 Å². The summed E-state index contributed by atoms with van der Waals surface area (Å²) in [5, 5.41) is 3.64. The zero-order valence-corrected chi connectivity index (χ0v) is 7.95. The van der Waals surface area contributed by atoms with Crippen LogP contribution in [0.2, 0.25) is 5.02 Å². The molecule has 0 N–H and O–H groups in total. The van der Waals surface area contributed by atoms with E-state index in [1.807, 2.05) is 0 Å². The normalized spacial score (nSPS) is 10.1. The smallest absolute Gasteiger partial charge is 0.125 e. The van der Waals surface area contributed by atoms with Crippen molar-refractivity contribution in [2.75, 3.05) is 6.54 Å². The Morgan fingerprint density at radius 3 is 2.93 bits per heavy atom. The molecule has 0 saturated carbocycles. The fourth-order valence-electron chi connectivity index (χ4n) is 0.944. The van der Waals surface area contributed by atoms with Crippen LogP contribution in [0, 0.1) is 5.82 Å². The van der Waals surface area contributed by atoms with Gasteiger partial charge in [-0.2, -0.15) is 0 Å². The Hall–Kier alpha value is -1.51. The molecule has 0 aliphatic heterocycles. The fraction of sp³-hybridized carbons (Fsp3) is 0.111. The zero-order valence-electron chi connectivity index (χ0n) is 7.19. The molecule has 0 aromatic heterocycles. The van der Waals surface area contributed by atoms with E-state index in [0.29, 0.717) is 10.6 Å². The van der Waals surface area contributed by atoms with Crippen LogP contribution in [0.4, 0.5) is 4.39 Å². The zero-order chi connectivity index (χ0) is 10.4. The lowest BCUT2D eigenvalue weighted by molar-refractivity contribution is 0.627. The topological polar surface area (TPSA) is 48.8 Å². The van der Waals surface area contributed by atoms with Crippen molar-refractivity contribution in [1.82, 2.24) is 0 Å². The quantitative estimate of drug-likeness (QED) is 0.415. The van der Waals surface area contributed by atoms with Crippen molar-refractivity contribution in [3.8, 4) is 0 Å². The van der Waals surface area contributed by atoms with Crippen LogP contribution in [0.1, 0.15) is 5.56 Å². The molecular formula is C9H7ClFN3. The summed E-state index contributed by atoms with van der Waals surface area (Å²) in [6, 6.07) is 4.20. The average molecular weight is 212 g/mol. The summed E-state index contributed by atoms with van der Waals surface area (Å²) >= 11 is 5.63. The van der Waals surface area contributed by atoms with Gasteiger partial charge in [0.25, 0.3) is 0 Å². The number of nitrogens with zero attached hydrogens (tertiary/aromatic N) is 3. The molecule has 0 spiro atoms. The second kappa shape index (κ2) is 5.27. The first-order valence-electron chi connectivity index (χ1n) is 3.86. The van der Waals surface area contributed by atoms with Crippen molar-refractivity contribution < 1.29 is 4.39 Å². The molecule has 0 fully saturated rings. The molecule has 0 unspecified atom stereocenters. The van der Waals surface area contributed by atoms with Crippen LogP contribution in [0.15, 0.2) is 29.4 Å². The van der Waals surface area contributed by atoms with Crippen molar-refractivity contribution >= 4 is 17.7 Å². The summed E-state index contributed by atoms with van der Waals surface area (Å²) in [6.07, 6.45) is 3.27. The molecule has 1 rings (SSSR count). The highest BCUT2D eigenvalue weighted by Crippen LogP contribution is 2.14. The van der Waals surface area contributed by atoms with E-state index in [2.05, 4.69) is 10.0 Å². The monoisotopic (exact) mass is 211 g/mol. The Morgan fingerprint density at radius 2 is 2.29 bits per heavy atom. The van der Waals surface area contributed by atoms with E-state index < -0.39 is 0 Å². The Labute approximate surface area is 85.4 Å². The fourth-order valence-corrected chi connectivity index (χ4v) is 1.17. The Morgan fingerprint density at radius 1 is 1.50 bits per heavy atom.